The zero-order valence-corrected chi connectivity index (χ0v) is 9.35. The lowest BCUT2D eigenvalue weighted by atomic mass is 10.3. The molecule has 0 heterocycles. The highest BCUT2D eigenvalue weighted by atomic mass is 35.5. The number of nitro groups is 1. The maximum atomic E-state index is 10.4. The Morgan fingerprint density at radius 1 is 1.24 bits per heavy atom. The Balaban J connectivity index is 2.20. The number of rotatable bonds is 3. The van der Waals surface area contributed by atoms with Crippen molar-refractivity contribution < 1.29 is 9.66 Å². The predicted molar refractivity (Wildman–Crippen MR) is 63.5 cm³/mol. The third-order valence-corrected chi connectivity index (χ3v) is 2.34. The third kappa shape index (κ3) is 2.73. The van der Waals surface area contributed by atoms with Crippen LogP contribution in [-0.4, -0.2) is 4.92 Å². The minimum absolute atomic E-state index is 0.100. The van der Waals surface area contributed by atoms with E-state index in [2.05, 4.69) is 6.07 Å². The molecule has 0 amide bonds. The van der Waals surface area contributed by atoms with E-state index in [4.69, 9.17) is 16.3 Å². The number of nitrogens with zero attached hydrogens (tertiary/aromatic N) is 1. The highest BCUT2D eigenvalue weighted by Crippen LogP contribution is 2.29. The van der Waals surface area contributed by atoms with Crippen molar-refractivity contribution >= 4 is 17.3 Å². The van der Waals surface area contributed by atoms with Gasteiger partial charge in [0.05, 0.1) is 16.0 Å². The van der Waals surface area contributed by atoms with E-state index in [0.29, 0.717) is 16.5 Å². The number of nitro benzene ring substituents is 1. The maximum Gasteiger partial charge on any atom is 0.277 e. The van der Waals surface area contributed by atoms with Crippen LogP contribution in [-0.2, 0) is 0 Å². The standard InChI is InChI=1S/C12H7ClNO3/c13-11-3-1-2-4-12(11)17-10-7-5-9(6-8-10)14(15)16/h1-5,7-8H. The van der Waals surface area contributed by atoms with Gasteiger partial charge in [0.15, 0.2) is 0 Å². The fraction of sp³-hybridized carbons (Fsp3) is 0. The van der Waals surface area contributed by atoms with Crippen molar-refractivity contribution in [2.45, 2.75) is 0 Å². The lowest BCUT2D eigenvalue weighted by Gasteiger charge is -2.06. The summed E-state index contributed by atoms with van der Waals surface area (Å²) >= 11 is 5.91. The second-order valence-corrected chi connectivity index (χ2v) is 3.61. The topological polar surface area (TPSA) is 52.4 Å². The number of non-ortho nitro benzene ring substituents is 1. The highest BCUT2D eigenvalue weighted by molar-refractivity contribution is 6.32. The summed E-state index contributed by atoms with van der Waals surface area (Å²) in [4.78, 5) is 9.92. The van der Waals surface area contributed by atoms with E-state index < -0.39 is 4.92 Å². The zero-order valence-electron chi connectivity index (χ0n) is 8.59. The van der Waals surface area contributed by atoms with Gasteiger partial charge in [-0.1, -0.05) is 23.7 Å². The van der Waals surface area contributed by atoms with E-state index in [1.165, 1.54) is 18.2 Å². The summed E-state index contributed by atoms with van der Waals surface area (Å²) in [7, 11) is 0. The average Bonchev–Trinajstić information content (AvgIpc) is 2.33. The van der Waals surface area contributed by atoms with Gasteiger partial charge in [0.1, 0.15) is 11.5 Å². The monoisotopic (exact) mass is 248 g/mol. The Hall–Kier alpha value is -2.07. The molecule has 0 aliphatic rings. The van der Waals surface area contributed by atoms with Crippen molar-refractivity contribution in [1.29, 1.82) is 0 Å². The molecule has 2 aromatic rings. The van der Waals surface area contributed by atoms with E-state index in [1.807, 2.05) is 0 Å². The summed E-state index contributed by atoms with van der Waals surface area (Å²) < 4.78 is 5.46. The summed E-state index contributed by atoms with van der Waals surface area (Å²) in [6, 6.07) is 13.7. The Labute approximate surface area is 103 Å². The Morgan fingerprint density at radius 2 is 2.00 bits per heavy atom. The number of ether oxygens (including phenoxy) is 1. The summed E-state index contributed by atoms with van der Waals surface area (Å²) in [5.41, 5.74) is -0.100. The molecule has 0 fully saturated rings. The van der Waals surface area contributed by atoms with Crippen molar-refractivity contribution in [3.8, 4) is 11.5 Å². The molecule has 85 valence electrons. The minimum Gasteiger partial charge on any atom is -0.456 e. The lowest BCUT2D eigenvalue weighted by Crippen LogP contribution is -1.89. The third-order valence-electron chi connectivity index (χ3n) is 2.03. The predicted octanol–water partition coefficient (Wildman–Crippen LogP) is 3.84. The molecule has 0 unspecified atom stereocenters. The van der Waals surface area contributed by atoms with Gasteiger partial charge in [-0.2, -0.15) is 0 Å². The van der Waals surface area contributed by atoms with Gasteiger partial charge < -0.3 is 4.74 Å². The van der Waals surface area contributed by atoms with Gasteiger partial charge in [0.2, 0.25) is 0 Å². The Morgan fingerprint density at radius 3 is 2.59 bits per heavy atom. The normalized spacial score (nSPS) is 9.94. The number of benzene rings is 2. The van der Waals surface area contributed by atoms with E-state index in [1.54, 1.807) is 24.3 Å². The summed E-state index contributed by atoms with van der Waals surface area (Å²) in [6.45, 7) is 0. The summed E-state index contributed by atoms with van der Waals surface area (Å²) in [5, 5.41) is 10.9. The molecule has 0 bridgehead atoms. The van der Waals surface area contributed by atoms with Crippen LogP contribution < -0.4 is 4.74 Å². The molecular weight excluding hydrogens is 242 g/mol. The van der Waals surface area contributed by atoms with Crippen LogP contribution in [0.4, 0.5) is 5.69 Å². The molecule has 0 saturated carbocycles. The molecule has 0 N–H and O–H groups in total. The maximum absolute atomic E-state index is 10.4. The molecule has 1 radical (unpaired) electrons. The number of hydrogen-bond acceptors (Lipinski definition) is 3. The molecule has 0 atom stereocenters. The summed E-state index contributed by atoms with van der Waals surface area (Å²) in [5.74, 6) is 0.945. The first-order chi connectivity index (χ1) is 8.16. The van der Waals surface area contributed by atoms with Crippen LogP contribution >= 0.6 is 11.6 Å². The van der Waals surface area contributed by atoms with Crippen LogP contribution in [0, 0.1) is 16.2 Å². The number of hydrogen-bond donors (Lipinski definition) is 0. The zero-order chi connectivity index (χ0) is 12.3. The molecule has 0 aromatic heterocycles. The average molecular weight is 249 g/mol. The highest BCUT2D eigenvalue weighted by Gasteiger charge is 2.06. The largest absolute Gasteiger partial charge is 0.456 e. The SMILES string of the molecule is O=[N+]([O-])c1[c]cc(Oc2ccccc2Cl)cc1. The van der Waals surface area contributed by atoms with Crippen LogP contribution in [0.15, 0.2) is 42.5 Å². The second kappa shape index (κ2) is 4.84. The van der Waals surface area contributed by atoms with Gasteiger partial charge in [-0.3, -0.25) is 10.1 Å². The van der Waals surface area contributed by atoms with E-state index in [9.17, 15) is 10.1 Å². The molecule has 0 aliphatic carbocycles. The molecule has 4 nitrogen and oxygen atoms in total. The Kier molecular flexibility index (Phi) is 3.25. The van der Waals surface area contributed by atoms with Crippen LogP contribution in [0.5, 0.6) is 11.5 Å². The molecule has 0 spiro atoms. The molecule has 0 aliphatic heterocycles. The molecule has 17 heavy (non-hydrogen) atoms. The van der Waals surface area contributed by atoms with Gasteiger partial charge >= 0.3 is 0 Å². The van der Waals surface area contributed by atoms with Gasteiger partial charge in [0.25, 0.3) is 5.69 Å². The summed E-state index contributed by atoms with van der Waals surface area (Å²) in [6.07, 6.45) is 0. The van der Waals surface area contributed by atoms with Crippen molar-refractivity contribution in [3.63, 3.8) is 0 Å². The molecule has 5 heteroatoms. The van der Waals surface area contributed by atoms with E-state index in [-0.39, 0.29) is 5.69 Å². The van der Waals surface area contributed by atoms with Crippen molar-refractivity contribution in [1.82, 2.24) is 0 Å². The fourth-order valence-corrected chi connectivity index (χ4v) is 1.41. The first kappa shape index (κ1) is 11.4. The van der Waals surface area contributed by atoms with E-state index in [0.717, 1.165) is 0 Å². The van der Waals surface area contributed by atoms with Crippen LogP contribution in [0.3, 0.4) is 0 Å². The molecule has 2 aromatic carbocycles. The molecule has 0 saturated heterocycles. The van der Waals surface area contributed by atoms with Crippen molar-refractivity contribution in [3.05, 3.63) is 63.7 Å². The van der Waals surface area contributed by atoms with E-state index >= 15 is 0 Å². The quantitative estimate of drug-likeness (QED) is 0.612. The van der Waals surface area contributed by atoms with Crippen LogP contribution in [0.25, 0.3) is 0 Å². The first-order valence-electron chi connectivity index (χ1n) is 4.75. The van der Waals surface area contributed by atoms with Gasteiger partial charge in [-0.15, -0.1) is 0 Å². The fourth-order valence-electron chi connectivity index (χ4n) is 1.23. The smallest absolute Gasteiger partial charge is 0.277 e. The Bertz CT molecular complexity index is 540. The van der Waals surface area contributed by atoms with Crippen molar-refractivity contribution in [2.75, 3.05) is 0 Å². The van der Waals surface area contributed by atoms with Gasteiger partial charge in [-0.05, 0) is 24.3 Å². The number of para-hydroxylation sites is 1. The lowest BCUT2D eigenvalue weighted by molar-refractivity contribution is -0.385. The van der Waals surface area contributed by atoms with Gasteiger partial charge in [-0.25, -0.2) is 0 Å². The van der Waals surface area contributed by atoms with Gasteiger partial charge in [0, 0.05) is 6.07 Å². The first-order valence-corrected chi connectivity index (χ1v) is 5.13. The van der Waals surface area contributed by atoms with Crippen molar-refractivity contribution in [2.24, 2.45) is 0 Å². The van der Waals surface area contributed by atoms with Crippen LogP contribution in [0.1, 0.15) is 0 Å². The molecule has 2 rings (SSSR count). The number of halogens is 1. The second-order valence-electron chi connectivity index (χ2n) is 3.20. The van der Waals surface area contributed by atoms with Crippen LogP contribution in [0.2, 0.25) is 5.02 Å². The minimum atomic E-state index is -0.515. The molecular formula is C12H7ClNO3.